The van der Waals surface area contributed by atoms with Gasteiger partial charge in [-0.05, 0) is 0 Å². The van der Waals surface area contributed by atoms with Gasteiger partial charge in [0, 0.05) is 0 Å². The minimum Gasteiger partial charge on any atom is -0.480 e. The molecule has 1 aromatic heterocycles. The molecule has 0 spiro atoms. The fourth-order valence-electron chi connectivity index (χ4n) is 0.908. The van der Waals surface area contributed by atoms with Gasteiger partial charge in [-0.25, -0.2) is 4.79 Å². The topological polar surface area (TPSA) is 118 Å². The quantitative estimate of drug-likeness (QED) is 0.545. The van der Waals surface area contributed by atoms with Gasteiger partial charge < -0.3 is 10.8 Å². The Labute approximate surface area is 82.0 Å². The first-order valence-electron chi connectivity index (χ1n) is 3.89. The Hall–Kier alpha value is -1.96. The van der Waals surface area contributed by atoms with Crippen LogP contribution in [0.1, 0.15) is 0 Å². The highest BCUT2D eigenvalue weighted by Crippen LogP contribution is 1.88. The van der Waals surface area contributed by atoms with E-state index in [0.717, 1.165) is 0 Å². The minimum absolute atomic E-state index is 0.415. The van der Waals surface area contributed by atoms with Crippen LogP contribution in [0.15, 0.2) is 15.8 Å². The molecule has 0 amide bonds. The number of rotatable bonds is 3. The molecule has 7 nitrogen and oxygen atoms in total. The Morgan fingerprint density at radius 3 is 2.80 bits per heavy atom. The van der Waals surface area contributed by atoms with Crippen molar-refractivity contribution < 1.29 is 14.3 Å². The third kappa shape index (κ3) is 2.50. The summed E-state index contributed by atoms with van der Waals surface area (Å²) in [5.74, 6) is -2.50. The molecule has 0 radical (unpaired) electrons. The van der Waals surface area contributed by atoms with Crippen LogP contribution in [0, 0.1) is 5.82 Å². The van der Waals surface area contributed by atoms with Crippen molar-refractivity contribution in [2.45, 2.75) is 12.6 Å². The monoisotopic (exact) mass is 217 g/mol. The van der Waals surface area contributed by atoms with Crippen molar-refractivity contribution in [3.8, 4) is 0 Å². The second-order valence-electron chi connectivity index (χ2n) is 2.83. The molecule has 8 heteroatoms. The molecule has 1 rings (SSSR count). The van der Waals surface area contributed by atoms with Crippen LogP contribution in [0.2, 0.25) is 0 Å². The van der Waals surface area contributed by atoms with E-state index in [9.17, 15) is 18.8 Å². The van der Waals surface area contributed by atoms with Crippen LogP contribution in [0.3, 0.4) is 0 Å². The van der Waals surface area contributed by atoms with Gasteiger partial charge in [-0.3, -0.25) is 19.1 Å². The highest BCUT2D eigenvalue weighted by molar-refractivity contribution is 5.72. The lowest BCUT2D eigenvalue weighted by Gasteiger charge is -2.08. The molecule has 15 heavy (non-hydrogen) atoms. The Morgan fingerprint density at radius 2 is 2.27 bits per heavy atom. The van der Waals surface area contributed by atoms with Crippen LogP contribution in [-0.4, -0.2) is 26.7 Å². The van der Waals surface area contributed by atoms with Crippen molar-refractivity contribution in [1.82, 2.24) is 9.55 Å². The van der Waals surface area contributed by atoms with E-state index < -0.39 is 35.6 Å². The largest absolute Gasteiger partial charge is 0.480 e. The van der Waals surface area contributed by atoms with E-state index in [1.165, 1.54) is 0 Å². The first kappa shape index (κ1) is 11.1. The minimum atomic E-state index is -1.34. The molecule has 0 aliphatic rings. The van der Waals surface area contributed by atoms with Crippen LogP contribution in [0.4, 0.5) is 4.39 Å². The van der Waals surface area contributed by atoms with E-state index in [2.05, 4.69) is 0 Å². The summed E-state index contributed by atoms with van der Waals surface area (Å²) >= 11 is 0. The lowest BCUT2D eigenvalue weighted by molar-refractivity contribution is -0.138. The molecule has 1 atom stereocenters. The van der Waals surface area contributed by atoms with Crippen molar-refractivity contribution in [3.05, 3.63) is 32.9 Å². The van der Waals surface area contributed by atoms with Crippen LogP contribution < -0.4 is 17.0 Å². The number of aliphatic carboxylic acids is 1. The summed E-state index contributed by atoms with van der Waals surface area (Å²) < 4.78 is 13.4. The van der Waals surface area contributed by atoms with E-state index in [0.29, 0.717) is 10.8 Å². The number of H-pyrrole nitrogens is 1. The molecule has 0 aromatic carbocycles. The van der Waals surface area contributed by atoms with Crippen molar-refractivity contribution in [2.24, 2.45) is 5.73 Å². The Morgan fingerprint density at radius 1 is 1.67 bits per heavy atom. The highest BCUT2D eigenvalue weighted by atomic mass is 19.1. The number of carboxylic acid groups (broad SMARTS) is 1. The van der Waals surface area contributed by atoms with E-state index in [1.54, 1.807) is 4.98 Å². The summed E-state index contributed by atoms with van der Waals surface area (Å²) in [7, 11) is 0. The molecule has 0 aliphatic heterocycles. The number of nitrogens with two attached hydrogens (primary N) is 1. The third-order valence-corrected chi connectivity index (χ3v) is 1.68. The van der Waals surface area contributed by atoms with Crippen LogP contribution in [0.25, 0.3) is 0 Å². The molecule has 0 saturated carbocycles. The standard InChI is InChI=1S/C7H8FN3O4/c8-3-1-11(2-4(9)6(13)14)7(15)10-5(3)12/h1,4H,2,9H2,(H,13,14)(H,10,12,15)/t4-/m1/s1. The van der Waals surface area contributed by atoms with Gasteiger partial charge in [0.2, 0.25) is 5.82 Å². The van der Waals surface area contributed by atoms with Gasteiger partial charge >= 0.3 is 11.7 Å². The molecular weight excluding hydrogens is 209 g/mol. The summed E-state index contributed by atoms with van der Waals surface area (Å²) in [4.78, 5) is 33.7. The Kier molecular flexibility index (Phi) is 3.00. The second-order valence-corrected chi connectivity index (χ2v) is 2.83. The molecule has 0 unspecified atom stereocenters. The maximum absolute atomic E-state index is 12.7. The maximum Gasteiger partial charge on any atom is 0.328 e. The van der Waals surface area contributed by atoms with Crippen molar-refractivity contribution >= 4 is 5.97 Å². The summed E-state index contributed by atoms with van der Waals surface area (Å²) in [6.07, 6.45) is 0.615. The normalized spacial score (nSPS) is 12.4. The fourth-order valence-corrected chi connectivity index (χ4v) is 0.908. The van der Waals surface area contributed by atoms with Crippen LogP contribution in [-0.2, 0) is 11.3 Å². The van der Waals surface area contributed by atoms with Crippen molar-refractivity contribution in [2.75, 3.05) is 0 Å². The molecule has 4 N–H and O–H groups in total. The molecular formula is C7H8FN3O4. The molecule has 82 valence electrons. The fraction of sp³-hybridized carbons (Fsp3) is 0.286. The van der Waals surface area contributed by atoms with E-state index >= 15 is 0 Å². The Bertz CT molecular complexity index is 492. The smallest absolute Gasteiger partial charge is 0.328 e. The summed E-state index contributed by atoms with van der Waals surface area (Å²) in [6, 6.07) is -1.34. The van der Waals surface area contributed by atoms with Gasteiger partial charge in [0.15, 0.2) is 0 Å². The maximum atomic E-state index is 12.7. The number of carboxylic acids is 1. The molecule has 1 heterocycles. The van der Waals surface area contributed by atoms with Crippen LogP contribution >= 0.6 is 0 Å². The zero-order chi connectivity index (χ0) is 11.6. The van der Waals surface area contributed by atoms with Crippen molar-refractivity contribution in [3.63, 3.8) is 0 Å². The predicted octanol–water partition coefficient (Wildman–Crippen LogP) is -1.91. The van der Waals surface area contributed by atoms with Gasteiger partial charge in [-0.15, -0.1) is 0 Å². The number of hydrogen-bond acceptors (Lipinski definition) is 4. The SMILES string of the molecule is N[C@H](Cn1cc(F)c(=O)[nH]c1=O)C(=O)O. The number of aromatic nitrogens is 2. The number of nitrogens with zero attached hydrogens (tertiary/aromatic N) is 1. The van der Waals surface area contributed by atoms with E-state index in [-0.39, 0.29) is 0 Å². The number of hydrogen-bond donors (Lipinski definition) is 3. The van der Waals surface area contributed by atoms with Gasteiger partial charge in [0.25, 0.3) is 5.56 Å². The van der Waals surface area contributed by atoms with Crippen molar-refractivity contribution in [1.29, 1.82) is 0 Å². The number of carbonyl (C=O) groups is 1. The molecule has 0 bridgehead atoms. The number of halogens is 1. The molecule has 1 aromatic rings. The summed E-state index contributed by atoms with van der Waals surface area (Å²) in [5, 5.41) is 8.45. The highest BCUT2D eigenvalue weighted by Gasteiger charge is 2.13. The number of aromatic amines is 1. The molecule has 0 fully saturated rings. The summed E-state index contributed by atoms with van der Waals surface area (Å²) in [5.41, 5.74) is 3.07. The van der Waals surface area contributed by atoms with E-state index in [4.69, 9.17) is 10.8 Å². The zero-order valence-corrected chi connectivity index (χ0v) is 7.44. The van der Waals surface area contributed by atoms with Crippen LogP contribution in [0.5, 0.6) is 0 Å². The lowest BCUT2D eigenvalue weighted by atomic mass is 10.3. The third-order valence-electron chi connectivity index (χ3n) is 1.68. The lowest BCUT2D eigenvalue weighted by Crippen LogP contribution is -2.40. The predicted molar refractivity (Wildman–Crippen MR) is 46.9 cm³/mol. The first-order valence-corrected chi connectivity index (χ1v) is 3.89. The first-order chi connectivity index (χ1) is 6.91. The molecule has 0 aliphatic carbocycles. The molecule has 0 saturated heterocycles. The summed E-state index contributed by atoms with van der Waals surface area (Å²) in [6.45, 7) is -0.415. The Balaban J connectivity index is 3.06. The average molecular weight is 217 g/mol. The number of nitrogens with one attached hydrogen (secondary N) is 1. The van der Waals surface area contributed by atoms with Gasteiger partial charge in [-0.1, -0.05) is 0 Å². The second kappa shape index (κ2) is 4.05. The zero-order valence-electron chi connectivity index (χ0n) is 7.44. The van der Waals surface area contributed by atoms with Gasteiger partial charge in [0.1, 0.15) is 6.04 Å². The average Bonchev–Trinajstić information content (AvgIpc) is 2.13. The van der Waals surface area contributed by atoms with Gasteiger partial charge in [-0.2, -0.15) is 4.39 Å². The van der Waals surface area contributed by atoms with Gasteiger partial charge in [0.05, 0.1) is 12.7 Å². The van der Waals surface area contributed by atoms with E-state index in [1.807, 2.05) is 0 Å².